The number of hydrogen-bond acceptors (Lipinski definition) is 5. The molecule has 1 aromatic heterocycles. The van der Waals surface area contributed by atoms with Gasteiger partial charge in [0.1, 0.15) is 0 Å². The highest BCUT2D eigenvalue weighted by atomic mass is 35.5. The van der Waals surface area contributed by atoms with Gasteiger partial charge in [0, 0.05) is 24.0 Å². The maximum atomic E-state index is 12.2. The molecule has 0 saturated carbocycles. The fraction of sp³-hybridized carbons (Fsp3) is 0.267. The lowest BCUT2D eigenvalue weighted by atomic mass is 10.1. The highest BCUT2D eigenvalue weighted by Crippen LogP contribution is 2.25. The van der Waals surface area contributed by atoms with Crippen LogP contribution < -0.4 is 11.1 Å². The molecule has 1 aromatic carbocycles. The SMILES string of the molecule is CN(C)[C@H](CNC(=O)c1nccnc1N)c1ccccc1Cl. The van der Waals surface area contributed by atoms with Crippen LogP contribution in [0.15, 0.2) is 36.7 Å². The fourth-order valence-electron chi connectivity index (χ4n) is 2.11. The van der Waals surface area contributed by atoms with E-state index in [1.54, 1.807) is 0 Å². The van der Waals surface area contributed by atoms with Crippen LogP contribution in [0.3, 0.4) is 0 Å². The predicted molar refractivity (Wildman–Crippen MR) is 86.7 cm³/mol. The van der Waals surface area contributed by atoms with E-state index < -0.39 is 0 Å². The molecule has 1 amide bonds. The molecule has 0 aliphatic heterocycles. The van der Waals surface area contributed by atoms with E-state index in [-0.39, 0.29) is 23.5 Å². The van der Waals surface area contributed by atoms with Crippen molar-refractivity contribution in [2.75, 3.05) is 26.4 Å². The topological polar surface area (TPSA) is 84.1 Å². The molecule has 22 heavy (non-hydrogen) atoms. The second-order valence-electron chi connectivity index (χ2n) is 5.00. The number of anilines is 1. The molecule has 0 spiro atoms. The van der Waals surface area contributed by atoms with Crippen LogP contribution in [0.4, 0.5) is 5.82 Å². The molecule has 0 fully saturated rings. The summed E-state index contributed by atoms with van der Waals surface area (Å²) in [6.45, 7) is 0.381. The highest BCUT2D eigenvalue weighted by Gasteiger charge is 2.19. The smallest absolute Gasteiger partial charge is 0.273 e. The van der Waals surface area contributed by atoms with Crippen LogP contribution in [0.2, 0.25) is 5.02 Å². The van der Waals surface area contributed by atoms with Crippen molar-refractivity contribution in [3.05, 3.63) is 52.9 Å². The van der Waals surface area contributed by atoms with Crippen LogP contribution >= 0.6 is 11.6 Å². The molecular formula is C15H18ClN5O. The van der Waals surface area contributed by atoms with Crippen molar-refractivity contribution < 1.29 is 4.79 Å². The molecule has 0 aliphatic carbocycles. The van der Waals surface area contributed by atoms with E-state index in [0.717, 1.165) is 5.56 Å². The molecule has 0 bridgehead atoms. The number of halogens is 1. The fourth-order valence-corrected chi connectivity index (χ4v) is 2.37. The van der Waals surface area contributed by atoms with Gasteiger partial charge < -0.3 is 16.0 Å². The third-order valence-corrected chi connectivity index (χ3v) is 3.63. The number of aromatic nitrogens is 2. The Labute approximate surface area is 134 Å². The summed E-state index contributed by atoms with van der Waals surface area (Å²) in [7, 11) is 3.85. The number of carbonyl (C=O) groups is 1. The summed E-state index contributed by atoms with van der Waals surface area (Å²) < 4.78 is 0. The van der Waals surface area contributed by atoms with Crippen molar-refractivity contribution in [3.8, 4) is 0 Å². The molecule has 2 aromatic rings. The zero-order chi connectivity index (χ0) is 16.1. The lowest BCUT2D eigenvalue weighted by molar-refractivity contribution is 0.0937. The zero-order valence-electron chi connectivity index (χ0n) is 12.5. The van der Waals surface area contributed by atoms with Crippen LogP contribution in [0.25, 0.3) is 0 Å². The summed E-state index contributed by atoms with van der Waals surface area (Å²) in [5.74, 6) is -0.247. The van der Waals surface area contributed by atoms with Crippen molar-refractivity contribution in [1.82, 2.24) is 20.2 Å². The maximum absolute atomic E-state index is 12.2. The summed E-state index contributed by atoms with van der Waals surface area (Å²) in [4.78, 5) is 22.0. The van der Waals surface area contributed by atoms with E-state index >= 15 is 0 Å². The lowest BCUT2D eigenvalue weighted by Gasteiger charge is -2.25. The molecule has 0 unspecified atom stereocenters. The summed E-state index contributed by atoms with van der Waals surface area (Å²) in [6, 6.07) is 7.50. The van der Waals surface area contributed by atoms with Crippen LogP contribution in [-0.4, -0.2) is 41.4 Å². The van der Waals surface area contributed by atoms with Crippen LogP contribution in [0, 0.1) is 0 Å². The Morgan fingerprint density at radius 2 is 2.00 bits per heavy atom. The standard InChI is InChI=1S/C15H18ClN5O/c1-21(2)12(10-5-3-4-6-11(10)16)9-20-15(22)13-14(17)19-8-7-18-13/h3-8,12H,9H2,1-2H3,(H2,17,19)(H,20,22)/t12-/m1/s1. The molecule has 0 aliphatic rings. The van der Waals surface area contributed by atoms with E-state index in [9.17, 15) is 4.79 Å². The van der Waals surface area contributed by atoms with Gasteiger partial charge in [-0.1, -0.05) is 29.8 Å². The molecule has 2 rings (SSSR count). The molecular weight excluding hydrogens is 302 g/mol. The van der Waals surface area contributed by atoms with Crippen molar-refractivity contribution in [2.24, 2.45) is 0 Å². The molecule has 1 heterocycles. The van der Waals surface area contributed by atoms with Gasteiger partial charge in [-0.3, -0.25) is 4.79 Å². The van der Waals surface area contributed by atoms with Crippen molar-refractivity contribution >= 4 is 23.3 Å². The van der Waals surface area contributed by atoms with Crippen LogP contribution in [-0.2, 0) is 0 Å². The first-order valence-corrected chi connectivity index (χ1v) is 7.14. The van der Waals surface area contributed by atoms with E-state index in [2.05, 4.69) is 15.3 Å². The second-order valence-corrected chi connectivity index (χ2v) is 5.41. The van der Waals surface area contributed by atoms with Gasteiger partial charge >= 0.3 is 0 Å². The molecule has 1 atom stereocenters. The molecule has 7 heteroatoms. The Morgan fingerprint density at radius 3 is 2.64 bits per heavy atom. The number of nitrogen functional groups attached to an aromatic ring is 1. The average Bonchev–Trinajstić information content (AvgIpc) is 2.49. The maximum Gasteiger partial charge on any atom is 0.273 e. The van der Waals surface area contributed by atoms with Crippen LogP contribution in [0.1, 0.15) is 22.1 Å². The molecule has 6 nitrogen and oxygen atoms in total. The highest BCUT2D eigenvalue weighted by molar-refractivity contribution is 6.31. The zero-order valence-corrected chi connectivity index (χ0v) is 13.2. The van der Waals surface area contributed by atoms with Gasteiger partial charge in [-0.25, -0.2) is 9.97 Å². The van der Waals surface area contributed by atoms with Gasteiger partial charge in [0.15, 0.2) is 11.5 Å². The number of likely N-dealkylation sites (N-methyl/N-ethyl adjacent to an activating group) is 1. The molecule has 0 saturated heterocycles. The summed E-state index contributed by atoms with van der Waals surface area (Å²) in [6.07, 6.45) is 2.88. The van der Waals surface area contributed by atoms with E-state index in [1.165, 1.54) is 12.4 Å². The minimum absolute atomic E-state index is 0.0597. The van der Waals surface area contributed by atoms with Gasteiger partial charge in [-0.15, -0.1) is 0 Å². The van der Waals surface area contributed by atoms with Gasteiger partial charge in [-0.2, -0.15) is 0 Å². The molecule has 3 N–H and O–H groups in total. The Kier molecular flexibility index (Phi) is 5.30. The van der Waals surface area contributed by atoms with E-state index in [4.69, 9.17) is 17.3 Å². The average molecular weight is 320 g/mol. The number of nitrogens with two attached hydrogens (primary N) is 1. The first-order chi connectivity index (χ1) is 10.5. The van der Waals surface area contributed by atoms with Crippen molar-refractivity contribution in [3.63, 3.8) is 0 Å². The van der Waals surface area contributed by atoms with E-state index in [0.29, 0.717) is 11.6 Å². The van der Waals surface area contributed by atoms with Crippen molar-refractivity contribution in [1.29, 1.82) is 0 Å². The normalized spacial score (nSPS) is 12.2. The third kappa shape index (κ3) is 3.72. The van der Waals surface area contributed by atoms with Gasteiger partial charge in [0.05, 0.1) is 6.04 Å². The van der Waals surface area contributed by atoms with Gasteiger partial charge in [0.25, 0.3) is 5.91 Å². The summed E-state index contributed by atoms with van der Waals surface area (Å²) in [5.41, 5.74) is 6.73. The summed E-state index contributed by atoms with van der Waals surface area (Å²) >= 11 is 6.24. The number of benzene rings is 1. The molecule has 0 radical (unpaired) electrons. The Hall–Kier alpha value is -2.18. The first kappa shape index (κ1) is 16.2. The van der Waals surface area contributed by atoms with Crippen molar-refractivity contribution in [2.45, 2.75) is 6.04 Å². The Balaban J connectivity index is 2.12. The van der Waals surface area contributed by atoms with Gasteiger partial charge in [0.2, 0.25) is 0 Å². The lowest BCUT2D eigenvalue weighted by Crippen LogP contribution is -2.35. The monoisotopic (exact) mass is 319 g/mol. The number of rotatable bonds is 5. The largest absolute Gasteiger partial charge is 0.382 e. The number of nitrogens with zero attached hydrogens (tertiary/aromatic N) is 3. The Bertz CT molecular complexity index is 662. The Morgan fingerprint density at radius 1 is 1.32 bits per heavy atom. The minimum atomic E-state index is -0.357. The summed E-state index contributed by atoms with van der Waals surface area (Å²) in [5, 5.41) is 3.49. The third-order valence-electron chi connectivity index (χ3n) is 3.29. The number of amides is 1. The quantitative estimate of drug-likeness (QED) is 0.877. The minimum Gasteiger partial charge on any atom is -0.382 e. The predicted octanol–water partition coefficient (Wildman–Crippen LogP) is 1.74. The van der Waals surface area contributed by atoms with Crippen LogP contribution in [0.5, 0.6) is 0 Å². The number of hydrogen-bond donors (Lipinski definition) is 2. The molecule has 116 valence electrons. The first-order valence-electron chi connectivity index (χ1n) is 6.76. The van der Waals surface area contributed by atoms with E-state index in [1.807, 2.05) is 43.3 Å². The second kappa shape index (κ2) is 7.20. The van der Waals surface area contributed by atoms with Gasteiger partial charge in [-0.05, 0) is 25.7 Å². The number of carbonyl (C=O) groups excluding carboxylic acids is 1. The number of nitrogens with one attached hydrogen (secondary N) is 1.